The summed E-state index contributed by atoms with van der Waals surface area (Å²) in [4.78, 5) is 6.92. The van der Waals surface area contributed by atoms with Crippen LogP contribution in [0.25, 0.3) is 11.3 Å². The lowest BCUT2D eigenvalue weighted by atomic mass is 9.93. The Morgan fingerprint density at radius 2 is 2.08 bits per heavy atom. The first-order valence-electron chi connectivity index (χ1n) is 8.60. The second-order valence-corrected chi connectivity index (χ2v) is 6.77. The van der Waals surface area contributed by atoms with Crippen molar-refractivity contribution in [2.45, 2.75) is 25.9 Å². The molecule has 2 unspecified atom stereocenters. The predicted molar refractivity (Wildman–Crippen MR) is 92.2 cm³/mol. The fraction of sp³-hybridized carbons (Fsp3) is 0.368. The molecule has 6 heteroatoms. The maximum atomic E-state index is 13.1. The van der Waals surface area contributed by atoms with Crippen LogP contribution in [0.1, 0.15) is 25.1 Å². The molecule has 4 rings (SSSR count). The number of hydrogen-bond donors (Lipinski definition) is 0. The van der Waals surface area contributed by atoms with Crippen molar-refractivity contribution in [2.75, 3.05) is 13.1 Å². The van der Waals surface area contributed by atoms with Gasteiger partial charge in [0.05, 0.1) is 17.7 Å². The molecule has 25 heavy (non-hydrogen) atoms. The molecule has 0 bridgehead atoms. The molecule has 1 aliphatic rings. The summed E-state index contributed by atoms with van der Waals surface area (Å²) in [5, 5.41) is 4.00. The van der Waals surface area contributed by atoms with E-state index in [1.165, 1.54) is 12.1 Å². The number of hydrogen-bond acceptors (Lipinski definition) is 4. The molecule has 3 heterocycles. The summed E-state index contributed by atoms with van der Waals surface area (Å²) in [6, 6.07) is 8.83. The van der Waals surface area contributed by atoms with Gasteiger partial charge < -0.3 is 9.09 Å². The Morgan fingerprint density at radius 1 is 1.24 bits per heavy atom. The van der Waals surface area contributed by atoms with Crippen LogP contribution in [0, 0.1) is 11.7 Å². The Bertz CT molecular complexity index is 812. The Morgan fingerprint density at radius 3 is 2.80 bits per heavy atom. The minimum atomic E-state index is -0.226. The Balaban J connectivity index is 1.43. The van der Waals surface area contributed by atoms with Crippen LogP contribution in [0.5, 0.6) is 0 Å². The number of piperidine rings is 1. The van der Waals surface area contributed by atoms with Gasteiger partial charge in [-0.25, -0.2) is 9.37 Å². The van der Waals surface area contributed by atoms with Crippen molar-refractivity contribution in [3.05, 3.63) is 60.6 Å². The van der Waals surface area contributed by atoms with Crippen molar-refractivity contribution in [1.29, 1.82) is 0 Å². The summed E-state index contributed by atoms with van der Waals surface area (Å²) in [5.74, 6) is 0.284. The first-order chi connectivity index (χ1) is 12.2. The van der Waals surface area contributed by atoms with E-state index in [1.54, 1.807) is 18.4 Å². The number of halogens is 1. The minimum absolute atomic E-state index is 0.226. The molecule has 1 aromatic carbocycles. The van der Waals surface area contributed by atoms with Crippen molar-refractivity contribution in [2.24, 2.45) is 5.92 Å². The zero-order valence-corrected chi connectivity index (χ0v) is 14.2. The highest BCUT2D eigenvalue weighted by atomic mass is 19.1. The predicted octanol–water partition coefficient (Wildman–Crippen LogP) is 3.76. The lowest BCUT2D eigenvalue weighted by Gasteiger charge is -2.37. The van der Waals surface area contributed by atoms with Crippen LogP contribution >= 0.6 is 0 Å². The first-order valence-corrected chi connectivity index (χ1v) is 8.60. The number of nitrogens with zero attached hydrogens (tertiary/aromatic N) is 4. The van der Waals surface area contributed by atoms with Gasteiger partial charge in [-0.2, -0.15) is 0 Å². The Labute approximate surface area is 146 Å². The number of likely N-dealkylation sites (tertiary alicyclic amines) is 1. The summed E-state index contributed by atoms with van der Waals surface area (Å²) < 4.78 is 20.2. The zero-order valence-electron chi connectivity index (χ0n) is 14.2. The average Bonchev–Trinajstić information content (AvgIpc) is 3.28. The first kappa shape index (κ1) is 16.0. The van der Waals surface area contributed by atoms with E-state index in [1.807, 2.05) is 12.4 Å². The summed E-state index contributed by atoms with van der Waals surface area (Å²) in [6.07, 6.45) is 6.65. The summed E-state index contributed by atoms with van der Waals surface area (Å²) in [6.45, 7) is 5.14. The highest BCUT2D eigenvalue weighted by molar-refractivity contribution is 5.57. The number of imidazole rings is 1. The van der Waals surface area contributed by atoms with Gasteiger partial charge in [0.15, 0.2) is 0 Å². The van der Waals surface area contributed by atoms with E-state index < -0.39 is 0 Å². The van der Waals surface area contributed by atoms with E-state index in [0.29, 0.717) is 12.0 Å². The molecule has 0 N–H and O–H groups in total. The number of rotatable bonds is 4. The van der Waals surface area contributed by atoms with E-state index in [9.17, 15) is 4.39 Å². The molecule has 5 nitrogen and oxygen atoms in total. The van der Waals surface area contributed by atoms with Crippen LogP contribution in [0.2, 0.25) is 0 Å². The molecule has 0 saturated carbocycles. The van der Waals surface area contributed by atoms with Gasteiger partial charge >= 0.3 is 0 Å². The van der Waals surface area contributed by atoms with Crippen LogP contribution in [-0.4, -0.2) is 32.7 Å². The van der Waals surface area contributed by atoms with Gasteiger partial charge in [0.1, 0.15) is 12.1 Å². The van der Waals surface area contributed by atoms with Gasteiger partial charge in [-0.15, -0.1) is 0 Å². The summed E-state index contributed by atoms with van der Waals surface area (Å²) >= 11 is 0. The van der Waals surface area contributed by atoms with Crippen LogP contribution < -0.4 is 0 Å². The molecule has 0 aliphatic carbocycles. The van der Waals surface area contributed by atoms with Gasteiger partial charge in [0.25, 0.3) is 0 Å². The quantitative estimate of drug-likeness (QED) is 0.725. The maximum absolute atomic E-state index is 13.1. The molecule has 2 aromatic heterocycles. The van der Waals surface area contributed by atoms with E-state index in [2.05, 4.69) is 32.7 Å². The smallest absolute Gasteiger partial charge is 0.124 e. The van der Waals surface area contributed by atoms with Crippen LogP contribution in [0.15, 0.2) is 53.6 Å². The van der Waals surface area contributed by atoms with E-state index >= 15 is 0 Å². The fourth-order valence-corrected chi connectivity index (χ4v) is 3.64. The third-order valence-electron chi connectivity index (χ3n) is 4.95. The fourth-order valence-electron chi connectivity index (χ4n) is 3.64. The number of benzene rings is 1. The van der Waals surface area contributed by atoms with E-state index in [0.717, 1.165) is 43.0 Å². The molecular weight excluding hydrogens is 319 g/mol. The van der Waals surface area contributed by atoms with Crippen molar-refractivity contribution < 1.29 is 8.91 Å². The molecule has 1 saturated heterocycles. The maximum Gasteiger partial charge on any atom is 0.124 e. The third-order valence-corrected chi connectivity index (χ3v) is 4.95. The Hall–Kier alpha value is -2.47. The van der Waals surface area contributed by atoms with Crippen LogP contribution in [0.3, 0.4) is 0 Å². The van der Waals surface area contributed by atoms with Gasteiger partial charge in [0.2, 0.25) is 0 Å². The summed E-state index contributed by atoms with van der Waals surface area (Å²) in [5.41, 5.74) is 2.81. The molecule has 0 radical (unpaired) electrons. The molecule has 130 valence electrons. The molecule has 1 aliphatic heterocycles. The van der Waals surface area contributed by atoms with E-state index in [4.69, 9.17) is 4.52 Å². The molecule has 1 fully saturated rings. The number of aromatic nitrogens is 3. The second-order valence-electron chi connectivity index (χ2n) is 6.77. The molecule has 0 amide bonds. The van der Waals surface area contributed by atoms with Crippen molar-refractivity contribution in [3.8, 4) is 11.3 Å². The van der Waals surface area contributed by atoms with Crippen molar-refractivity contribution in [1.82, 2.24) is 19.6 Å². The average molecular weight is 340 g/mol. The van der Waals surface area contributed by atoms with Gasteiger partial charge in [0, 0.05) is 43.5 Å². The molecule has 0 spiro atoms. The molecule has 3 aromatic rings. The van der Waals surface area contributed by atoms with Crippen LogP contribution in [-0.2, 0) is 6.54 Å². The lowest BCUT2D eigenvalue weighted by Crippen LogP contribution is -2.39. The molecule has 2 atom stereocenters. The topological polar surface area (TPSA) is 47.1 Å². The zero-order chi connectivity index (χ0) is 17.2. The summed E-state index contributed by atoms with van der Waals surface area (Å²) in [7, 11) is 0. The normalized spacial score (nSPS) is 21.5. The van der Waals surface area contributed by atoms with Gasteiger partial charge in [-0.3, -0.25) is 4.90 Å². The lowest BCUT2D eigenvalue weighted by molar-refractivity contribution is 0.124. The highest BCUT2D eigenvalue weighted by Gasteiger charge is 2.27. The highest BCUT2D eigenvalue weighted by Crippen LogP contribution is 2.30. The second kappa shape index (κ2) is 6.80. The van der Waals surface area contributed by atoms with Gasteiger partial charge in [-0.05, 0) is 36.6 Å². The third kappa shape index (κ3) is 3.49. The van der Waals surface area contributed by atoms with Crippen molar-refractivity contribution >= 4 is 0 Å². The minimum Gasteiger partial charge on any atom is -0.364 e. The van der Waals surface area contributed by atoms with Crippen molar-refractivity contribution in [3.63, 3.8) is 0 Å². The van der Waals surface area contributed by atoms with Gasteiger partial charge in [-0.1, -0.05) is 12.1 Å². The largest absolute Gasteiger partial charge is 0.364 e. The standard InChI is InChI=1S/C19H21FN4O/c1-14-10-23(11-17-7-9-25-22-17)8-6-19(14)24-12-18(21-13-24)15-2-4-16(20)5-3-15/h2-5,7,9,12-14,19H,6,8,10-11H2,1H3. The Kier molecular flexibility index (Phi) is 4.36. The molecular formula is C19H21FN4O. The van der Waals surface area contributed by atoms with Crippen LogP contribution in [0.4, 0.5) is 4.39 Å². The van der Waals surface area contributed by atoms with E-state index in [-0.39, 0.29) is 5.82 Å². The monoisotopic (exact) mass is 340 g/mol. The SMILES string of the molecule is CC1CN(Cc2ccon2)CCC1n1cnc(-c2ccc(F)cc2)c1.